The summed E-state index contributed by atoms with van der Waals surface area (Å²) in [6.45, 7) is 4.58. The first-order chi connectivity index (χ1) is 6.65. The first kappa shape index (κ1) is 10.9. The first-order valence-electron chi connectivity index (χ1n) is 4.95. The Balaban J connectivity index is 2.80. The number of aryl methyl sites for hydroxylation is 2. The molecule has 1 aromatic rings. The molecule has 14 heavy (non-hydrogen) atoms. The number of carbonyl (C=O) groups excluding carboxylic acids is 1. The largest absolute Gasteiger partial charge is 0.330 e. The van der Waals surface area contributed by atoms with Crippen LogP contribution in [0.5, 0.6) is 0 Å². The van der Waals surface area contributed by atoms with Crippen LogP contribution >= 0.6 is 0 Å². The van der Waals surface area contributed by atoms with Gasteiger partial charge in [-0.2, -0.15) is 0 Å². The van der Waals surface area contributed by atoms with Gasteiger partial charge in [0, 0.05) is 12.0 Å². The van der Waals surface area contributed by atoms with Crippen molar-refractivity contribution in [2.24, 2.45) is 5.73 Å². The summed E-state index contributed by atoms with van der Waals surface area (Å²) in [6.07, 6.45) is 1.33. The Morgan fingerprint density at radius 2 is 2.07 bits per heavy atom. The van der Waals surface area contributed by atoms with Gasteiger partial charge in [-0.25, -0.2) is 0 Å². The lowest BCUT2D eigenvalue weighted by molar-refractivity contribution is 0.0980. The number of Topliss-reactive ketones (excluding diaryl/α,β-unsaturated/α-hetero) is 1. The van der Waals surface area contributed by atoms with Crippen LogP contribution in [0.4, 0.5) is 0 Å². The van der Waals surface area contributed by atoms with Crippen molar-refractivity contribution < 1.29 is 4.79 Å². The zero-order chi connectivity index (χ0) is 10.6. The highest BCUT2D eigenvalue weighted by Crippen LogP contribution is 2.13. The van der Waals surface area contributed by atoms with E-state index in [0.717, 1.165) is 17.5 Å². The second-order valence-corrected chi connectivity index (χ2v) is 3.63. The molecule has 76 valence electrons. The summed E-state index contributed by atoms with van der Waals surface area (Å²) in [5, 5.41) is 0. The normalized spacial score (nSPS) is 10.2. The van der Waals surface area contributed by atoms with Crippen molar-refractivity contribution in [1.82, 2.24) is 0 Å². The topological polar surface area (TPSA) is 43.1 Å². The van der Waals surface area contributed by atoms with Crippen LogP contribution in [-0.4, -0.2) is 12.3 Å². The number of hydrogen-bond acceptors (Lipinski definition) is 2. The zero-order valence-electron chi connectivity index (χ0n) is 8.84. The van der Waals surface area contributed by atoms with Crippen molar-refractivity contribution in [3.05, 3.63) is 34.9 Å². The van der Waals surface area contributed by atoms with Crippen LogP contribution in [0.25, 0.3) is 0 Å². The van der Waals surface area contributed by atoms with E-state index in [0.29, 0.717) is 13.0 Å². The maximum Gasteiger partial charge on any atom is 0.163 e. The average molecular weight is 191 g/mol. The third-order valence-corrected chi connectivity index (χ3v) is 2.29. The molecule has 0 aliphatic carbocycles. The average Bonchev–Trinajstić information content (AvgIpc) is 2.14. The third kappa shape index (κ3) is 2.67. The van der Waals surface area contributed by atoms with Gasteiger partial charge in [0.05, 0.1) is 0 Å². The van der Waals surface area contributed by atoms with Crippen LogP contribution in [-0.2, 0) is 0 Å². The summed E-state index contributed by atoms with van der Waals surface area (Å²) in [6, 6.07) is 5.92. The molecule has 0 radical (unpaired) electrons. The molecule has 0 unspecified atom stereocenters. The van der Waals surface area contributed by atoms with Gasteiger partial charge in [-0.3, -0.25) is 4.79 Å². The Kier molecular flexibility index (Phi) is 3.84. The van der Waals surface area contributed by atoms with Crippen molar-refractivity contribution in [3.63, 3.8) is 0 Å². The van der Waals surface area contributed by atoms with Crippen LogP contribution in [0.1, 0.15) is 34.3 Å². The lowest BCUT2D eigenvalue weighted by Crippen LogP contribution is -2.06. The SMILES string of the molecule is Cc1ccc(C(=O)CCCN)c(C)c1. The van der Waals surface area contributed by atoms with Gasteiger partial charge in [-0.05, 0) is 32.4 Å². The van der Waals surface area contributed by atoms with Gasteiger partial charge in [-0.1, -0.05) is 23.8 Å². The van der Waals surface area contributed by atoms with Crippen molar-refractivity contribution in [3.8, 4) is 0 Å². The molecule has 0 amide bonds. The third-order valence-electron chi connectivity index (χ3n) is 2.29. The molecule has 0 aliphatic rings. The monoisotopic (exact) mass is 191 g/mol. The molecule has 0 spiro atoms. The Labute approximate surface area is 85.1 Å². The standard InChI is InChI=1S/C12H17NO/c1-9-5-6-11(10(2)8-9)12(14)4-3-7-13/h5-6,8H,3-4,7,13H2,1-2H3. The molecule has 0 bridgehead atoms. The number of hydrogen-bond donors (Lipinski definition) is 1. The van der Waals surface area contributed by atoms with Gasteiger partial charge in [0.25, 0.3) is 0 Å². The Hall–Kier alpha value is -1.15. The van der Waals surface area contributed by atoms with Crippen molar-refractivity contribution in [2.45, 2.75) is 26.7 Å². The number of ketones is 1. The van der Waals surface area contributed by atoms with Gasteiger partial charge in [0.2, 0.25) is 0 Å². The molecule has 1 aromatic carbocycles. The fraction of sp³-hybridized carbons (Fsp3) is 0.417. The molecule has 0 aromatic heterocycles. The molecule has 2 heteroatoms. The van der Waals surface area contributed by atoms with E-state index in [1.807, 2.05) is 32.0 Å². The van der Waals surface area contributed by atoms with Crippen LogP contribution < -0.4 is 5.73 Å². The van der Waals surface area contributed by atoms with Crippen LogP contribution in [0.2, 0.25) is 0 Å². The van der Waals surface area contributed by atoms with Gasteiger partial charge >= 0.3 is 0 Å². The van der Waals surface area contributed by atoms with E-state index in [4.69, 9.17) is 5.73 Å². The predicted octanol–water partition coefficient (Wildman–Crippen LogP) is 2.23. The molecule has 1 rings (SSSR count). The summed E-state index contributed by atoms with van der Waals surface area (Å²) < 4.78 is 0. The second kappa shape index (κ2) is 4.91. The smallest absolute Gasteiger partial charge is 0.163 e. The van der Waals surface area contributed by atoms with Crippen LogP contribution in [0, 0.1) is 13.8 Å². The maximum atomic E-state index is 11.7. The fourth-order valence-electron chi connectivity index (χ4n) is 1.52. The Bertz CT molecular complexity index is 331. The molecule has 0 atom stereocenters. The quantitative estimate of drug-likeness (QED) is 0.741. The number of benzene rings is 1. The van der Waals surface area contributed by atoms with E-state index in [9.17, 15) is 4.79 Å². The van der Waals surface area contributed by atoms with E-state index in [2.05, 4.69) is 0 Å². The Morgan fingerprint density at radius 1 is 1.36 bits per heavy atom. The van der Waals surface area contributed by atoms with Crippen LogP contribution in [0.3, 0.4) is 0 Å². The molecular formula is C12H17NO. The minimum absolute atomic E-state index is 0.202. The summed E-state index contributed by atoms with van der Waals surface area (Å²) in [4.78, 5) is 11.7. The molecule has 2 nitrogen and oxygen atoms in total. The zero-order valence-corrected chi connectivity index (χ0v) is 8.84. The van der Waals surface area contributed by atoms with E-state index in [-0.39, 0.29) is 5.78 Å². The predicted molar refractivity (Wildman–Crippen MR) is 58.5 cm³/mol. The molecular weight excluding hydrogens is 174 g/mol. The maximum absolute atomic E-state index is 11.7. The highest BCUT2D eigenvalue weighted by atomic mass is 16.1. The number of carbonyl (C=O) groups is 1. The molecule has 0 fully saturated rings. The first-order valence-corrected chi connectivity index (χ1v) is 4.95. The number of nitrogens with two attached hydrogens (primary N) is 1. The minimum atomic E-state index is 0.202. The lowest BCUT2D eigenvalue weighted by Gasteiger charge is -2.05. The lowest BCUT2D eigenvalue weighted by atomic mass is 10.00. The highest BCUT2D eigenvalue weighted by molar-refractivity contribution is 5.97. The number of rotatable bonds is 4. The molecule has 2 N–H and O–H groups in total. The van der Waals surface area contributed by atoms with Crippen molar-refractivity contribution in [1.29, 1.82) is 0 Å². The van der Waals surface area contributed by atoms with Crippen molar-refractivity contribution >= 4 is 5.78 Å². The van der Waals surface area contributed by atoms with Crippen molar-refractivity contribution in [2.75, 3.05) is 6.54 Å². The molecule has 0 aliphatic heterocycles. The van der Waals surface area contributed by atoms with Gasteiger partial charge in [0.1, 0.15) is 0 Å². The molecule has 0 saturated carbocycles. The minimum Gasteiger partial charge on any atom is -0.330 e. The van der Waals surface area contributed by atoms with E-state index in [1.165, 1.54) is 5.56 Å². The van der Waals surface area contributed by atoms with Gasteiger partial charge in [-0.15, -0.1) is 0 Å². The summed E-state index contributed by atoms with van der Waals surface area (Å²) in [7, 11) is 0. The summed E-state index contributed by atoms with van der Waals surface area (Å²) in [5.41, 5.74) is 8.46. The van der Waals surface area contributed by atoms with Gasteiger partial charge < -0.3 is 5.73 Å². The Morgan fingerprint density at radius 3 is 2.64 bits per heavy atom. The van der Waals surface area contributed by atoms with E-state index in [1.54, 1.807) is 0 Å². The summed E-state index contributed by atoms with van der Waals surface area (Å²) >= 11 is 0. The van der Waals surface area contributed by atoms with E-state index < -0.39 is 0 Å². The van der Waals surface area contributed by atoms with Crippen LogP contribution in [0.15, 0.2) is 18.2 Å². The molecule has 0 saturated heterocycles. The highest BCUT2D eigenvalue weighted by Gasteiger charge is 2.07. The fourth-order valence-corrected chi connectivity index (χ4v) is 1.52. The summed E-state index contributed by atoms with van der Waals surface area (Å²) in [5.74, 6) is 0.202. The van der Waals surface area contributed by atoms with E-state index >= 15 is 0 Å². The van der Waals surface area contributed by atoms with Gasteiger partial charge in [0.15, 0.2) is 5.78 Å². The second-order valence-electron chi connectivity index (χ2n) is 3.63. The molecule has 0 heterocycles.